The fraction of sp³-hybridized carbons (Fsp3) is 0.500. The molecular formula is C10H14N6O3S. The van der Waals surface area contributed by atoms with Crippen LogP contribution in [0.3, 0.4) is 0 Å². The van der Waals surface area contributed by atoms with Gasteiger partial charge in [0.2, 0.25) is 10.8 Å². The lowest BCUT2D eigenvalue weighted by molar-refractivity contribution is 0.0372. The molecule has 10 heteroatoms. The molecule has 0 aliphatic carbocycles. The van der Waals surface area contributed by atoms with Crippen LogP contribution < -0.4 is 5.73 Å². The molecule has 0 unspecified atom stereocenters. The minimum atomic E-state index is -0.620. The molecule has 2 heterocycles. The van der Waals surface area contributed by atoms with Crippen molar-refractivity contribution in [2.75, 3.05) is 12.8 Å². The van der Waals surface area contributed by atoms with E-state index in [1.165, 1.54) is 16.0 Å². The molecule has 0 bridgehead atoms. The molecule has 20 heavy (non-hydrogen) atoms. The number of nitrogens with zero attached hydrogens (tertiary/aromatic N) is 5. The molecule has 2 aromatic rings. The molecule has 0 atom stereocenters. The van der Waals surface area contributed by atoms with E-state index in [0.717, 1.165) is 0 Å². The lowest BCUT2D eigenvalue weighted by atomic mass is 10.4. The molecule has 2 aromatic heterocycles. The van der Waals surface area contributed by atoms with Gasteiger partial charge in [-0.3, -0.25) is 0 Å². The highest BCUT2D eigenvalue weighted by atomic mass is 32.1. The van der Waals surface area contributed by atoms with E-state index >= 15 is 0 Å². The highest BCUT2D eigenvalue weighted by Gasteiger charge is 2.22. The van der Waals surface area contributed by atoms with Crippen LogP contribution in [-0.4, -0.2) is 44.4 Å². The van der Waals surface area contributed by atoms with E-state index in [9.17, 15) is 4.79 Å². The van der Waals surface area contributed by atoms with Crippen molar-refractivity contribution in [1.82, 2.24) is 25.2 Å². The number of aromatic nitrogens is 5. The molecule has 0 spiro atoms. The zero-order valence-electron chi connectivity index (χ0n) is 11.2. The Kier molecular flexibility index (Phi) is 4.25. The standard InChI is InChI=1S/C10H14N6O3S/c1-5(2)19-9(17)7-8(11)16(15-13-7)10-14-12-6(20-10)4-18-3/h5H,4,11H2,1-3H3. The maximum atomic E-state index is 11.8. The number of esters is 1. The van der Waals surface area contributed by atoms with Gasteiger partial charge in [-0.1, -0.05) is 16.6 Å². The summed E-state index contributed by atoms with van der Waals surface area (Å²) < 4.78 is 11.2. The summed E-state index contributed by atoms with van der Waals surface area (Å²) in [5, 5.41) is 16.4. The average Bonchev–Trinajstić information content (AvgIpc) is 2.95. The van der Waals surface area contributed by atoms with Crippen LogP contribution in [0.1, 0.15) is 29.3 Å². The van der Waals surface area contributed by atoms with Crippen LogP contribution in [-0.2, 0) is 16.1 Å². The molecule has 2 N–H and O–H groups in total. The topological polar surface area (TPSA) is 118 Å². The molecule has 108 valence electrons. The van der Waals surface area contributed by atoms with Crippen LogP contribution in [0.25, 0.3) is 5.13 Å². The predicted octanol–water partition coefficient (Wildman–Crippen LogP) is 0.413. The van der Waals surface area contributed by atoms with Crippen LogP contribution >= 0.6 is 11.3 Å². The number of carbonyl (C=O) groups excluding carboxylic acids is 1. The third-order valence-electron chi connectivity index (χ3n) is 2.15. The Hall–Kier alpha value is -2.07. The quantitative estimate of drug-likeness (QED) is 0.789. The predicted molar refractivity (Wildman–Crippen MR) is 70.5 cm³/mol. The number of carbonyl (C=O) groups is 1. The summed E-state index contributed by atoms with van der Waals surface area (Å²) in [6.45, 7) is 3.81. The van der Waals surface area contributed by atoms with Crippen molar-refractivity contribution >= 4 is 23.1 Å². The van der Waals surface area contributed by atoms with E-state index in [0.29, 0.717) is 16.7 Å². The van der Waals surface area contributed by atoms with Crippen LogP contribution in [0.4, 0.5) is 5.82 Å². The van der Waals surface area contributed by atoms with E-state index in [2.05, 4.69) is 20.5 Å². The number of nitrogen functional groups attached to an aromatic ring is 1. The highest BCUT2D eigenvalue weighted by molar-refractivity contribution is 7.13. The first-order valence-electron chi connectivity index (χ1n) is 5.76. The molecule has 0 fully saturated rings. The zero-order chi connectivity index (χ0) is 14.7. The third-order valence-corrected chi connectivity index (χ3v) is 3.02. The lowest BCUT2D eigenvalue weighted by Crippen LogP contribution is -2.14. The van der Waals surface area contributed by atoms with Crippen molar-refractivity contribution in [3.8, 4) is 5.13 Å². The number of nitrogens with two attached hydrogens (primary N) is 1. The van der Waals surface area contributed by atoms with Crippen LogP contribution in [0, 0.1) is 0 Å². The normalized spacial score (nSPS) is 11.0. The second-order valence-corrected chi connectivity index (χ2v) is 5.14. The lowest BCUT2D eigenvalue weighted by Gasteiger charge is -2.05. The highest BCUT2D eigenvalue weighted by Crippen LogP contribution is 2.19. The van der Waals surface area contributed by atoms with E-state index < -0.39 is 5.97 Å². The van der Waals surface area contributed by atoms with E-state index in [4.69, 9.17) is 15.2 Å². The van der Waals surface area contributed by atoms with Gasteiger partial charge in [-0.15, -0.1) is 15.3 Å². The van der Waals surface area contributed by atoms with E-state index in [1.807, 2.05) is 0 Å². The van der Waals surface area contributed by atoms with Gasteiger partial charge in [-0.2, -0.15) is 4.68 Å². The molecule has 0 aliphatic rings. The van der Waals surface area contributed by atoms with Gasteiger partial charge in [0.1, 0.15) is 11.6 Å². The Bertz CT molecular complexity index is 608. The first-order chi connectivity index (χ1) is 9.52. The first-order valence-corrected chi connectivity index (χ1v) is 6.58. The van der Waals surface area contributed by atoms with Crippen molar-refractivity contribution in [1.29, 1.82) is 0 Å². The van der Waals surface area contributed by atoms with E-state index in [-0.39, 0.29) is 17.6 Å². The maximum Gasteiger partial charge on any atom is 0.363 e. The van der Waals surface area contributed by atoms with Gasteiger partial charge < -0.3 is 15.2 Å². The minimum Gasteiger partial charge on any atom is -0.458 e. The van der Waals surface area contributed by atoms with Crippen LogP contribution in [0.5, 0.6) is 0 Å². The number of rotatable bonds is 5. The number of ether oxygens (including phenoxy) is 2. The number of methoxy groups -OCH3 is 1. The Morgan fingerprint density at radius 1 is 1.40 bits per heavy atom. The minimum absolute atomic E-state index is 0.0396. The summed E-state index contributed by atoms with van der Waals surface area (Å²) in [6.07, 6.45) is -0.262. The average molecular weight is 298 g/mol. The second-order valence-electron chi connectivity index (χ2n) is 4.10. The molecule has 0 saturated carbocycles. The van der Waals surface area contributed by atoms with Crippen molar-refractivity contribution in [2.45, 2.75) is 26.6 Å². The van der Waals surface area contributed by atoms with Gasteiger partial charge >= 0.3 is 5.97 Å². The van der Waals surface area contributed by atoms with Gasteiger partial charge in [-0.25, -0.2) is 4.79 Å². The van der Waals surface area contributed by atoms with Gasteiger partial charge in [0.05, 0.1) is 6.10 Å². The molecule has 0 amide bonds. The molecule has 0 aliphatic heterocycles. The summed E-state index contributed by atoms with van der Waals surface area (Å²) >= 11 is 1.24. The van der Waals surface area contributed by atoms with Gasteiger partial charge in [-0.05, 0) is 13.8 Å². The van der Waals surface area contributed by atoms with Crippen LogP contribution in [0.2, 0.25) is 0 Å². The Labute approximate surface area is 118 Å². The second kappa shape index (κ2) is 5.92. The van der Waals surface area contributed by atoms with Gasteiger partial charge in [0.25, 0.3) is 0 Å². The van der Waals surface area contributed by atoms with Crippen molar-refractivity contribution in [3.05, 3.63) is 10.7 Å². The Balaban J connectivity index is 2.25. The monoisotopic (exact) mass is 298 g/mol. The Morgan fingerprint density at radius 2 is 2.15 bits per heavy atom. The molecule has 0 radical (unpaired) electrons. The van der Waals surface area contributed by atoms with Crippen molar-refractivity contribution in [2.24, 2.45) is 0 Å². The molecule has 2 rings (SSSR count). The summed E-state index contributed by atoms with van der Waals surface area (Å²) in [5.41, 5.74) is 5.80. The fourth-order valence-electron chi connectivity index (χ4n) is 1.36. The molecular weight excluding hydrogens is 284 g/mol. The van der Waals surface area contributed by atoms with Crippen molar-refractivity contribution in [3.63, 3.8) is 0 Å². The largest absolute Gasteiger partial charge is 0.458 e. The third kappa shape index (κ3) is 2.91. The van der Waals surface area contributed by atoms with Gasteiger partial charge in [0, 0.05) is 7.11 Å². The number of anilines is 1. The summed E-state index contributed by atoms with van der Waals surface area (Å²) in [7, 11) is 1.56. The maximum absolute atomic E-state index is 11.8. The van der Waals surface area contributed by atoms with Crippen LogP contribution in [0.15, 0.2) is 0 Å². The number of hydrogen-bond acceptors (Lipinski definition) is 9. The van der Waals surface area contributed by atoms with E-state index in [1.54, 1.807) is 21.0 Å². The molecule has 0 saturated heterocycles. The smallest absolute Gasteiger partial charge is 0.363 e. The summed E-state index contributed by atoms with van der Waals surface area (Å²) in [5.74, 6) is -0.554. The summed E-state index contributed by atoms with van der Waals surface area (Å²) in [6, 6.07) is 0. The molecule has 0 aromatic carbocycles. The SMILES string of the molecule is COCc1nnc(-n2nnc(C(=O)OC(C)C)c2N)s1. The molecule has 9 nitrogen and oxygen atoms in total. The van der Waals surface area contributed by atoms with Crippen molar-refractivity contribution < 1.29 is 14.3 Å². The Morgan fingerprint density at radius 3 is 2.80 bits per heavy atom. The zero-order valence-corrected chi connectivity index (χ0v) is 12.0. The number of hydrogen-bond donors (Lipinski definition) is 1. The first kappa shape index (κ1) is 14.3. The van der Waals surface area contributed by atoms with Gasteiger partial charge in [0.15, 0.2) is 5.82 Å². The summed E-state index contributed by atoms with van der Waals surface area (Å²) in [4.78, 5) is 11.8. The fourth-order valence-corrected chi connectivity index (χ4v) is 2.13.